The fraction of sp³-hybridized carbons (Fsp3) is 0.318. The van der Waals surface area contributed by atoms with E-state index in [9.17, 15) is 14.4 Å². The smallest absolute Gasteiger partial charge is 0.329 e. The summed E-state index contributed by atoms with van der Waals surface area (Å²) < 4.78 is 10.4. The molecule has 2 amide bonds. The van der Waals surface area contributed by atoms with Crippen LogP contribution in [0.4, 0.5) is 10.5 Å². The minimum absolute atomic E-state index is 0.229. The Labute approximate surface area is 170 Å². The van der Waals surface area contributed by atoms with Crippen molar-refractivity contribution in [3.05, 3.63) is 60.2 Å². The molecule has 0 aliphatic carbocycles. The number of Topliss-reactive ketones (excluding diaryl/α,β-unsaturated/α-hetero) is 1. The van der Waals surface area contributed by atoms with Gasteiger partial charge in [0.1, 0.15) is 11.8 Å². The van der Waals surface area contributed by atoms with Gasteiger partial charge < -0.3 is 20.1 Å². The summed E-state index contributed by atoms with van der Waals surface area (Å²) in [5, 5.41) is 5.27. The Morgan fingerprint density at radius 2 is 1.52 bits per heavy atom. The molecule has 0 heterocycles. The molecule has 7 heteroatoms. The normalized spacial score (nSPS) is 12.6. The Kier molecular flexibility index (Phi) is 7.77. The Hall–Kier alpha value is -3.35. The van der Waals surface area contributed by atoms with Crippen molar-refractivity contribution in [3.8, 4) is 5.75 Å². The fourth-order valence-electron chi connectivity index (χ4n) is 2.62. The number of rotatable bonds is 8. The molecule has 2 N–H and O–H groups in total. The maximum Gasteiger partial charge on any atom is 0.329 e. The molecule has 0 bridgehead atoms. The summed E-state index contributed by atoms with van der Waals surface area (Å²) in [5.74, 6) is -0.609. The first-order valence-corrected chi connectivity index (χ1v) is 9.33. The maximum absolute atomic E-state index is 12.6. The molecule has 0 aromatic heterocycles. The Morgan fingerprint density at radius 1 is 0.897 bits per heavy atom. The topological polar surface area (TPSA) is 93.7 Å². The van der Waals surface area contributed by atoms with Crippen molar-refractivity contribution in [2.45, 2.75) is 32.9 Å². The van der Waals surface area contributed by atoms with Crippen molar-refractivity contribution in [1.29, 1.82) is 0 Å². The van der Waals surface area contributed by atoms with Crippen LogP contribution in [0.3, 0.4) is 0 Å². The van der Waals surface area contributed by atoms with E-state index in [1.54, 1.807) is 62.4 Å². The minimum Gasteiger partial charge on any atom is -0.497 e. The average Bonchev–Trinajstić information content (AvgIpc) is 2.71. The summed E-state index contributed by atoms with van der Waals surface area (Å²) in [7, 11) is 1.54. The molecule has 0 spiro atoms. The van der Waals surface area contributed by atoms with Crippen LogP contribution in [0.25, 0.3) is 0 Å². The highest BCUT2D eigenvalue weighted by Gasteiger charge is 2.29. The predicted molar refractivity (Wildman–Crippen MR) is 110 cm³/mol. The van der Waals surface area contributed by atoms with E-state index in [-0.39, 0.29) is 11.7 Å². The number of para-hydroxylation sites is 1. The van der Waals surface area contributed by atoms with Crippen molar-refractivity contribution in [1.82, 2.24) is 5.32 Å². The lowest BCUT2D eigenvalue weighted by atomic mass is 10.0. The van der Waals surface area contributed by atoms with Crippen LogP contribution in [0.5, 0.6) is 5.75 Å². The van der Waals surface area contributed by atoms with E-state index < -0.39 is 24.1 Å². The van der Waals surface area contributed by atoms with Gasteiger partial charge in [0.05, 0.1) is 7.11 Å². The Bertz CT molecular complexity index is 834. The van der Waals surface area contributed by atoms with E-state index >= 15 is 0 Å². The molecular weight excluding hydrogens is 372 g/mol. The zero-order valence-corrected chi connectivity index (χ0v) is 17.0. The second-order valence-corrected chi connectivity index (χ2v) is 6.86. The number of nitrogens with one attached hydrogen (secondary N) is 2. The molecule has 2 aromatic rings. The number of carbonyl (C=O) groups excluding carboxylic acids is 3. The van der Waals surface area contributed by atoms with Crippen LogP contribution in [0.2, 0.25) is 0 Å². The van der Waals surface area contributed by atoms with Gasteiger partial charge in [0, 0.05) is 11.3 Å². The van der Waals surface area contributed by atoms with Crippen molar-refractivity contribution in [3.63, 3.8) is 0 Å². The third-order valence-corrected chi connectivity index (χ3v) is 4.28. The molecule has 29 heavy (non-hydrogen) atoms. The number of amides is 2. The third kappa shape index (κ3) is 6.34. The van der Waals surface area contributed by atoms with Gasteiger partial charge in [-0.3, -0.25) is 4.79 Å². The van der Waals surface area contributed by atoms with Crippen LogP contribution >= 0.6 is 0 Å². The molecule has 2 aromatic carbocycles. The average molecular weight is 398 g/mol. The van der Waals surface area contributed by atoms with E-state index in [0.717, 1.165) is 0 Å². The van der Waals surface area contributed by atoms with E-state index in [1.165, 1.54) is 14.0 Å². The summed E-state index contributed by atoms with van der Waals surface area (Å²) in [5.41, 5.74) is 1.01. The SMILES string of the molecule is COc1ccc(C(=O)[C@H](C)OC(=O)[C@H](NC(=O)Nc2ccccc2)C(C)C)cc1. The molecule has 0 aliphatic rings. The summed E-state index contributed by atoms with van der Waals surface area (Å²) in [6.45, 7) is 5.07. The van der Waals surface area contributed by atoms with Crippen LogP contribution in [0, 0.1) is 5.92 Å². The molecule has 7 nitrogen and oxygen atoms in total. The molecular formula is C22H26N2O5. The first-order valence-electron chi connectivity index (χ1n) is 9.33. The molecule has 154 valence electrons. The van der Waals surface area contributed by atoms with Gasteiger partial charge in [0.2, 0.25) is 5.78 Å². The van der Waals surface area contributed by atoms with Crippen molar-refractivity contribution in [2.75, 3.05) is 12.4 Å². The Morgan fingerprint density at radius 3 is 2.07 bits per heavy atom. The number of ether oxygens (including phenoxy) is 2. The lowest BCUT2D eigenvalue weighted by Crippen LogP contribution is -2.48. The van der Waals surface area contributed by atoms with Crippen molar-refractivity contribution >= 4 is 23.5 Å². The van der Waals surface area contributed by atoms with E-state index in [0.29, 0.717) is 17.0 Å². The molecule has 2 rings (SSSR count). The van der Waals surface area contributed by atoms with Crippen molar-refractivity contribution in [2.24, 2.45) is 5.92 Å². The van der Waals surface area contributed by atoms with Gasteiger partial charge in [-0.05, 0) is 49.2 Å². The number of methoxy groups -OCH3 is 1. The largest absolute Gasteiger partial charge is 0.497 e. The van der Waals surface area contributed by atoms with Gasteiger partial charge in [-0.1, -0.05) is 32.0 Å². The van der Waals surface area contributed by atoms with Crippen LogP contribution < -0.4 is 15.4 Å². The quantitative estimate of drug-likeness (QED) is 0.523. The zero-order valence-electron chi connectivity index (χ0n) is 17.0. The van der Waals surface area contributed by atoms with E-state index in [4.69, 9.17) is 9.47 Å². The van der Waals surface area contributed by atoms with Crippen LogP contribution in [0.15, 0.2) is 54.6 Å². The summed E-state index contributed by atoms with van der Waals surface area (Å²) >= 11 is 0. The number of urea groups is 1. The summed E-state index contributed by atoms with van der Waals surface area (Å²) in [6, 6.07) is 14.0. The monoisotopic (exact) mass is 398 g/mol. The van der Waals surface area contributed by atoms with Gasteiger partial charge >= 0.3 is 12.0 Å². The highest BCUT2D eigenvalue weighted by Crippen LogP contribution is 2.15. The Balaban J connectivity index is 1.98. The van der Waals surface area contributed by atoms with E-state index in [2.05, 4.69) is 10.6 Å². The van der Waals surface area contributed by atoms with Crippen LogP contribution in [0.1, 0.15) is 31.1 Å². The van der Waals surface area contributed by atoms with Gasteiger partial charge in [0.15, 0.2) is 6.10 Å². The zero-order chi connectivity index (χ0) is 21.4. The number of benzene rings is 2. The number of hydrogen-bond donors (Lipinski definition) is 2. The van der Waals surface area contributed by atoms with Gasteiger partial charge in [-0.15, -0.1) is 0 Å². The summed E-state index contributed by atoms with van der Waals surface area (Å²) in [6.07, 6.45) is -0.990. The lowest BCUT2D eigenvalue weighted by Gasteiger charge is -2.23. The number of hydrogen-bond acceptors (Lipinski definition) is 5. The van der Waals surface area contributed by atoms with E-state index in [1.807, 2.05) is 6.07 Å². The number of esters is 1. The minimum atomic E-state index is -0.990. The molecule has 0 radical (unpaired) electrons. The standard InChI is InChI=1S/C22H26N2O5/c1-14(2)19(24-22(27)23-17-8-6-5-7-9-17)21(26)29-15(3)20(25)16-10-12-18(28-4)13-11-16/h5-15,19H,1-4H3,(H2,23,24,27)/t15-,19+/m0/s1. The lowest BCUT2D eigenvalue weighted by molar-refractivity contribution is -0.149. The third-order valence-electron chi connectivity index (χ3n) is 4.28. The predicted octanol–water partition coefficient (Wildman–Crippen LogP) is 3.66. The highest BCUT2D eigenvalue weighted by molar-refractivity contribution is 6.00. The molecule has 2 atom stereocenters. The maximum atomic E-state index is 12.6. The van der Waals surface area contributed by atoms with Crippen LogP contribution in [-0.2, 0) is 9.53 Å². The second-order valence-electron chi connectivity index (χ2n) is 6.86. The summed E-state index contributed by atoms with van der Waals surface area (Å²) in [4.78, 5) is 37.3. The number of carbonyl (C=O) groups is 3. The van der Waals surface area contributed by atoms with Gasteiger partial charge in [-0.2, -0.15) is 0 Å². The first kappa shape index (κ1) is 21.9. The number of ketones is 1. The molecule has 0 fully saturated rings. The first-order chi connectivity index (χ1) is 13.8. The highest BCUT2D eigenvalue weighted by atomic mass is 16.5. The molecule has 0 saturated heterocycles. The van der Waals surface area contributed by atoms with Crippen molar-refractivity contribution < 1.29 is 23.9 Å². The fourth-order valence-corrected chi connectivity index (χ4v) is 2.62. The molecule has 0 aliphatic heterocycles. The molecule has 0 unspecified atom stereocenters. The number of anilines is 1. The van der Waals surface area contributed by atoms with Crippen LogP contribution in [-0.4, -0.2) is 37.0 Å². The van der Waals surface area contributed by atoms with Gasteiger partial charge in [0.25, 0.3) is 0 Å². The molecule has 0 saturated carbocycles. The van der Waals surface area contributed by atoms with Gasteiger partial charge in [-0.25, -0.2) is 9.59 Å². The second kappa shape index (κ2) is 10.3.